The van der Waals surface area contributed by atoms with Crippen molar-refractivity contribution in [3.63, 3.8) is 0 Å². The van der Waals surface area contributed by atoms with Crippen LogP contribution in [-0.4, -0.2) is 0 Å². The van der Waals surface area contributed by atoms with E-state index in [4.69, 9.17) is 0 Å². The summed E-state index contributed by atoms with van der Waals surface area (Å²) in [4.78, 5) is 0. The summed E-state index contributed by atoms with van der Waals surface area (Å²) in [6, 6.07) is 0. The molecule has 1 heteroatoms. The van der Waals surface area contributed by atoms with E-state index in [1.165, 1.54) is 22.4 Å². The van der Waals surface area contributed by atoms with E-state index in [-0.39, 0.29) is 10.8 Å². The van der Waals surface area contributed by atoms with Crippen molar-refractivity contribution in [3.8, 4) is 0 Å². The van der Waals surface area contributed by atoms with Gasteiger partial charge in [-0.2, -0.15) is 0 Å². The van der Waals surface area contributed by atoms with E-state index in [9.17, 15) is 0 Å². The van der Waals surface area contributed by atoms with E-state index in [2.05, 4.69) is 83.4 Å². The molecule has 0 atom stereocenters. The quantitative estimate of drug-likeness (QED) is 0.632. The summed E-state index contributed by atoms with van der Waals surface area (Å²) in [6.45, 7) is 13.6. The van der Waals surface area contributed by atoms with Gasteiger partial charge in [0.2, 0.25) is 0 Å². The normalized spacial score (nSPS) is 23.3. The summed E-state index contributed by atoms with van der Waals surface area (Å²) >= 11 is 0. The van der Waals surface area contributed by atoms with Crippen LogP contribution in [0.3, 0.4) is 0 Å². The van der Waals surface area contributed by atoms with Crippen LogP contribution < -0.4 is 5.32 Å². The lowest BCUT2D eigenvalue weighted by Gasteiger charge is -2.26. The Hall–Kier alpha value is -1.50. The summed E-state index contributed by atoms with van der Waals surface area (Å²) < 4.78 is 0. The lowest BCUT2D eigenvalue weighted by molar-refractivity contribution is 0.513. The van der Waals surface area contributed by atoms with Crippen molar-refractivity contribution in [1.29, 1.82) is 0 Å². The minimum atomic E-state index is 0.190. The molecule has 1 aliphatic carbocycles. The predicted molar refractivity (Wildman–Crippen MR) is 88.1 cm³/mol. The van der Waals surface area contributed by atoms with Gasteiger partial charge in [0.05, 0.1) is 0 Å². The first-order valence-corrected chi connectivity index (χ1v) is 7.45. The first-order valence-electron chi connectivity index (χ1n) is 7.45. The fourth-order valence-corrected chi connectivity index (χ4v) is 2.42. The second-order valence-corrected chi connectivity index (χ2v) is 7.71. The van der Waals surface area contributed by atoms with Crippen molar-refractivity contribution in [2.24, 2.45) is 10.8 Å². The number of hydrogen-bond donors (Lipinski definition) is 1. The van der Waals surface area contributed by atoms with Crippen molar-refractivity contribution in [3.05, 3.63) is 59.0 Å². The van der Waals surface area contributed by atoms with Gasteiger partial charge in [-0.3, -0.25) is 0 Å². The van der Waals surface area contributed by atoms with Crippen LogP contribution in [0.15, 0.2) is 59.0 Å². The molecule has 2 aliphatic rings. The van der Waals surface area contributed by atoms with Gasteiger partial charge in [0.15, 0.2) is 0 Å². The molecule has 0 fully saturated rings. The highest BCUT2D eigenvalue weighted by molar-refractivity contribution is 5.47. The Kier molecular flexibility index (Phi) is 3.82. The van der Waals surface area contributed by atoms with Gasteiger partial charge in [-0.15, -0.1) is 0 Å². The van der Waals surface area contributed by atoms with Crippen molar-refractivity contribution >= 4 is 0 Å². The van der Waals surface area contributed by atoms with Crippen LogP contribution in [-0.2, 0) is 0 Å². The van der Waals surface area contributed by atoms with Crippen molar-refractivity contribution in [2.75, 3.05) is 0 Å². The lowest BCUT2D eigenvalue weighted by Crippen LogP contribution is -2.17. The van der Waals surface area contributed by atoms with Gasteiger partial charge < -0.3 is 5.32 Å². The molecule has 0 spiro atoms. The molecule has 1 N–H and O–H groups in total. The molecule has 0 radical (unpaired) electrons. The van der Waals surface area contributed by atoms with E-state index in [0.29, 0.717) is 0 Å². The maximum Gasteiger partial charge on any atom is 0.0418 e. The average Bonchev–Trinajstić information content (AvgIpc) is 2.37. The minimum absolute atomic E-state index is 0.190. The maximum absolute atomic E-state index is 3.39. The number of hydrogen-bond acceptors (Lipinski definition) is 1. The van der Waals surface area contributed by atoms with Crippen LogP contribution in [0.5, 0.6) is 0 Å². The highest BCUT2D eigenvalue weighted by Crippen LogP contribution is 2.33. The van der Waals surface area contributed by atoms with Gasteiger partial charge in [-0.1, -0.05) is 59.8 Å². The topological polar surface area (TPSA) is 12.0 Å². The molecule has 0 aromatic carbocycles. The van der Waals surface area contributed by atoms with Crippen LogP contribution in [0.25, 0.3) is 0 Å². The molecule has 20 heavy (non-hydrogen) atoms. The van der Waals surface area contributed by atoms with Crippen LogP contribution in [0.4, 0.5) is 0 Å². The van der Waals surface area contributed by atoms with Gasteiger partial charge in [-0.25, -0.2) is 0 Å². The van der Waals surface area contributed by atoms with Gasteiger partial charge in [-0.05, 0) is 46.1 Å². The molecule has 0 amide bonds. The van der Waals surface area contributed by atoms with Gasteiger partial charge in [0, 0.05) is 11.9 Å². The van der Waals surface area contributed by atoms with Crippen LogP contribution in [0.2, 0.25) is 0 Å². The predicted octanol–water partition coefficient (Wildman–Crippen LogP) is 5.26. The molecule has 108 valence electrons. The van der Waals surface area contributed by atoms with Crippen LogP contribution in [0, 0.1) is 10.8 Å². The highest BCUT2D eigenvalue weighted by Gasteiger charge is 2.20. The zero-order chi connectivity index (χ0) is 15.0. The monoisotopic (exact) mass is 269 g/mol. The Morgan fingerprint density at radius 2 is 1.50 bits per heavy atom. The summed E-state index contributed by atoms with van der Waals surface area (Å²) in [5.41, 5.74) is 5.82. The van der Waals surface area contributed by atoms with Gasteiger partial charge in [0.25, 0.3) is 0 Å². The van der Waals surface area contributed by atoms with Crippen LogP contribution >= 0.6 is 0 Å². The molecule has 1 nitrogen and oxygen atoms in total. The molecule has 0 aromatic rings. The van der Waals surface area contributed by atoms with Crippen molar-refractivity contribution in [1.82, 2.24) is 5.32 Å². The van der Waals surface area contributed by atoms with E-state index >= 15 is 0 Å². The third kappa shape index (κ3) is 3.33. The molecule has 0 aromatic heterocycles. The Morgan fingerprint density at radius 3 is 2.00 bits per heavy atom. The number of rotatable bonds is 0. The third-order valence-corrected chi connectivity index (χ3v) is 3.89. The highest BCUT2D eigenvalue weighted by atomic mass is 14.9. The molecule has 1 heterocycles. The average molecular weight is 269 g/mol. The van der Waals surface area contributed by atoms with E-state index in [1.807, 2.05) is 0 Å². The summed E-state index contributed by atoms with van der Waals surface area (Å²) in [6.07, 6.45) is 14.4. The Balaban J connectivity index is 2.26. The molecule has 0 unspecified atom stereocenters. The molecular formula is C19H27N. The second kappa shape index (κ2) is 5.12. The Morgan fingerprint density at radius 1 is 0.850 bits per heavy atom. The van der Waals surface area contributed by atoms with Crippen LogP contribution in [0.1, 0.15) is 48.0 Å². The fraction of sp³-hybridized carbons (Fsp3) is 0.474. The Bertz CT molecular complexity index is 537. The zero-order valence-corrected chi connectivity index (χ0v) is 13.7. The SMILES string of the molecule is CC(C)(C)C1=CCC(=C2C=C(C(C)(C)C)C=CN2)C=C1. The summed E-state index contributed by atoms with van der Waals surface area (Å²) in [7, 11) is 0. The molecular weight excluding hydrogens is 242 g/mol. The molecule has 2 rings (SSSR count). The molecule has 1 aliphatic heterocycles. The minimum Gasteiger partial charge on any atom is -0.361 e. The second-order valence-electron chi connectivity index (χ2n) is 7.71. The molecule has 0 saturated carbocycles. The van der Waals surface area contributed by atoms with E-state index < -0.39 is 0 Å². The lowest BCUT2D eigenvalue weighted by atomic mass is 9.81. The van der Waals surface area contributed by atoms with Crippen molar-refractivity contribution < 1.29 is 0 Å². The first-order chi connectivity index (χ1) is 9.18. The number of dihydropyridines is 1. The number of nitrogens with one attached hydrogen (secondary N) is 1. The molecule has 0 bridgehead atoms. The third-order valence-electron chi connectivity index (χ3n) is 3.89. The van der Waals surface area contributed by atoms with E-state index in [0.717, 1.165) is 6.42 Å². The van der Waals surface area contributed by atoms with Gasteiger partial charge >= 0.3 is 0 Å². The maximum atomic E-state index is 3.39. The first kappa shape index (κ1) is 14.9. The number of allylic oxidation sites excluding steroid dienone is 8. The summed E-state index contributed by atoms with van der Waals surface area (Å²) in [5, 5.41) is 3.39. The summed E-state index contributed by atoms with van der Waals surface area (Å²) in [5.74, 6) is 0. The molecule has 0 saturated heterocycles. The standard InChI is InChI=1S/C19H27N/c1-18(2,3)15-9-7-14(8-10-15)17-13-16(11-12-20-17)19(4,5)6/h7,9-13,20H,8H2,1-6H3. The van der Waals surface area contributed by atoms with Gasteiger partial charge in [0.1, 0.15) is 0 Å². The largest absolute Gasteiger partial charge is 0.361 e. The smallest absolute Gasteiger partial charge is 0.0418 e. The fourth-order valence-electron chi connectivity index (χ4n) is 2.42. The Labute approximate surface area is 123 Å². The zero-order valence-electron chi connectivity index (χ0n) is 13.7. The van der Waals surface area contributed by atoms with E-state index in [1.54, 1.807) is 0 Å². The van der Waals surface area contributed by atoms with Crippen molar-refractivity contribution in [2.45, 2.75) is 48.0 Å².